The lowest BCUT2D eigenvalue weighted by molar-refractivity contribution is -0.139. The Morgan fingerprint density at radius 3 is 2.30 bits per heavy atom. The van der Waals surface area contributed by atoms with Crippen molar-refractivity contribution >= 4 is 5.97 Å². The Bertz CT molecular complexity index is 390. The van der Waals surface area contributed by atoms with Gasteiger partial charge < -0.3 is 10.4 Å². The number of carbonyl (C=O) groups is 1. The molecule has 132 valence electrons. The minimum atomic E-state index is -0.701. The van der Waals surface area contributed by atoms with Gasteiger partial charge in [0.1, 0.15) is 0 Å². The van der Waals surface area contributed by atoms with Crippen molar-refractivity contribution < 1.29 is 9.90 Å². The Morgan fingerprint density at radius 2 is 1.74 bits per heavy atom. The van der Waals surface area contributed by atoms with Crippen LogP contribution in [-0.4, -0.2) is 47.2 Å². The van der Waals surface area contributed by atoms with Gasteiger partial charge in [0, 0.05) is 18.1 Å². The summed E-state index contributed by atoms with van der Waals surface area (Å²) >= 11 is 0. The third-order valence-electron chi connectivity index (χ3n) is 6.81. The van der Waals surface area contributed by atoms with Crippen LogP contribution in [0.1, 0.15) is 77.6 Å². The Balaban J connectivity index is 1.37. The highest BCUT2D eigenvalue weighted by Crippen LogP contribution is 2.47. The summed E-state index contributed by atoms with van der Waals surface area (Å²) in [4.78, 5) is 13.0. The third kappa shape index (κ3) is 4.27. The average molecular weight is 322 g/mol. The van der Waals surface area contributed by atoms with Gasteiger partial charge in [0.2, 0.25) is 0 Å². The number of hydrogen-bond donors (Lipinski definition) is 2. The molecule has 0 aromatic heterocycles. The molecule has 4 heteroatoms. The summed E-state index contributed by atoms with van der Waals surface area (Å²) in [5, 5.41) is 12.8. The largest absolute Gasteiger partial charge is 0.480 e. The first-order chi connectivity index (χ1) is 11.1. The number of aliphatic carboxylic acids is 1. The van der Waals surface area contributed by atoms with Crippen LogP contribution in [0.4, 0.5) is 0 Å². The molecule has 0 radical (unpaired) electrons. The van der Waals surface area contributed by atoms with E-state index in [9.17, 15) is 4.79 Å². The lowest BCUT2D eigenvalue weighted by atomic mass is 9.64. The number of hydrogen-bond acceptors (Lipinski definition) is 3. The third-order valence-corrected chi connectivity index (χ3v) is 6.81. The molecule has 2 N–H and O–H groups in total. The van der Waals surface area contributed by atoms with Gasteiger partial charge in [-0.1, -0.05) is 26.2 Å². The summed E-state index contributed by atoms with van der Waals surface area (Å²) < 4.78 is 0. The Kier molecular flexibility index (Phi) is 5.63. The smallest absolute Gasteiger partial charge is 0.317 e. The van der Waals surface area contributed by atoms with Crippen LogP contribution in [0.3, 0.4) is 0 Å². The maximum absolute atomic E-state index is 10.9. The molecule has 3 fully saturated rings. The van der Waals surface area contributed by atoms with Crippen molar-refractivity contribution in [2.75, 3.05) is 13.1 Å². The van der Waals surface area contributed by atoms with Crippen LogP contribution in [0.15, 0.2) is 0 Å². The van der Waals surface area contributed by atoms with Gasteiger partial charge in [0.25, 0.3) is 0 Å². The quantitative estimate of drug-likeness (QED) is 0.787. The summed E-state index contributed by atoms with van der Waals surface area (Å²) in [6.45, 7) is 3.10. The van der Waals surface area contributed by atoms with Gasteiger partial charge in [0.15, 0.2) is 0 Å². The molecule has 1 spiro atoms. The number of rotatable bonds is 6. The van der Waals surface area contributed by atoms with Crippen LogP contribution in [0.25, 0.3) is 0 Å². The second-order valence-corrected chi connectivity index (χ2v) is 8.28. The highest BCUT2D eigenvalue weighted by molar-refractivity contribution is 5.69. The van der Waals surface area contributed by atoms with E-state index in [1.54, 1.807) is 0 Å². The van der Waals surface area contributed by atoms with Crippen LogP contribution in [0.5, 0.6) is 0 Å². The van der Waals surface area contributed by atoms with E-state index in [1.165, 1.54) is 57.8 Å². The summed E-state index contributed by atoms with van der Waals surface area (Å²) in [7, 11) is 0. The van der Waals surface area contributed by atoms with Crippen molar-refractivity contribution in [2.24, 2.45) is 5.41 Å². The molecule has 0 atom stereocenters. The standard InChI is InChI=1S/C19H34N2O2/c1-2-21(14-18(22)23)17-12-16(13-17)20-15-6-10-19(11-7-15)8-4-3-5-9-19/h15-17,20H,2-14H2,1H3,(H,22,23). The molecule has 23 heavy (non-hydrogen) atoms. The average Bonchev–Trinajstić information content (AvgIpc) is 2.51. The lowest BCUT2D eigenvalue weighted by Gasteiger charge is -2.47. The van der Waals surface area contributed by atoms with Crippen molar-refractivity contribution in [1.82, 2.24) is 10.2 Å². The number of nitrogens with zero attached hydrogens (tertiary/aromatic N) is 1. The Hall–Kier alpha value is -0.610. The lowest BCUT2D eigenvalue weighted by Crippen LogP contribution is -2.56. The molecule has 0 aliphatic heterocycles. The first-order valence-corrected chi connectivity index (χ1v) is 9.82. The molecule has 0 aromatic rings. The fraction of sp³-hybridized carbons (Fsp3) is 0.947. The van der Waals surface area contributed by atoms with Crippen molar-refractivity contribution in [3.8, 4) is 0 Å². The second kappa shape index (κ2) is 7.52. The van der Waals surface area contributed by atoms with Crippen LogP contribution < -0.4 is 5.32 Å². The summed E-state index contributed by atoms with van der Waals surface area (Å²) in [6.07, 6.45) is 15.2. The molecule has 3 aliphatic rings. The van der Waals surface area contributed by atoms with Crippen molar-refractivity contribution in [1.29, 1.82) is 0 Å². The normalized spacial score (nSPS) is 31.2. The molecule has 3 rings (SSSR count). The van der Waals surface area contributed by atoms with Crippen molar-refractivity contribution in [2.45, 2.75) is 95.7 Å². The van der Waals surface area contributed by atoms with Crippen molar-refractivity contribution in [3.05, 3.63) is 0 Å². The molecular weight excluding hydrogens is 288 g/mol. The summed E-state index contributed by atoms with van der Waals surface area (Å²) in [5.41, 5.74) is 0.707. The SMILES string of the molecule is CCN(CC(=O)O)C1CC(NC2CCC3(CCCCC3)CC2)C1. The molecule has 0 amide bonds. The van der Waals surface area contributed by atoms with Gasteiger partial charge in [-0.2, -0.15) is 0 Å². The Morgan fingerprint density at radius 1 is 1.09 bits per heavy atom. The zero-order valence-electron chi connectivity index (χ0n) is 14.7. The van der Waals surface area contributed by atoms with Crippen molar-refractivity contribution in [3.63, 3.8) is 0 Å². The van der Waals surface area contributed by atoms with Crippen LogP contribution in [-0.2, 0) is 4.79 Å². The molecule has 0 saturated heterocycles. The van der Waals surface area contributed by atoms with E-state index in [4.69, 9.17) is 5.11 Å². The molecule has 0 unspecified atom stereocenters. The fourth-order valence-electron chi connectivity index (χ4n) is 5.23. The molecule has 0 aromatic carbocycles. The molecular formula is C19H34N2O2. The van der Waals surface area contributed by atoms with Gasteiger partial charge in [-0.05, 0) is 63.3 Å². The minimum Gasteiger partial charge on any atom is -0.480 e. The maximum atomic E-state index is 10.9. The van der Waals surface area contributed by atoms with E-state index in [2.05, 4.69) is 17.1 Å². The monoisotopic (exact) mass is 322 g/mol. The van der Waals surface area contributed by atoms with E-state index in [0.717, 1.165) is 19.4 Å². The molecule has 0 heterocycles. The second-order valence-electron chi connectivity index (χ2n) is 8.28. The molecule has 0 bridgehead atoms. The highest BCUT2D eigenvalue weighted by Gasteiger charge is 2.39. The van der Waals surface area contributed by atoms with Gasteiger partial charge in [-0.3, -0.25) is 9.69 Å². The zero-order chi connectivity index (χ0) is 16.3. The van der Waals surface area contributed by atoms with Gasteiger partial charge in [-0.25, -0.2) is 0 Å². The predicted molar refractivity (Wildman–Crippen MR) is 92.6 cm³/mol. The first kappa shape index (κ1) is 17.2. The minimum absolute atomic E-state index is 0.194. The maximum Gasteiger partial charge on any atom is 0.317 e. The fourth-order valence-corrected chi connectivity index (χ4v) is 5.23. The summed E-state index contributed by atoms with van der Waals surface area (Å²) in [6, 6.07) is 1.80. The van der Waals surface area contributed by atoms with Gasteiger partial charge in [-0.15, -0.1) is 0 Å². The first-order valence-electron chi connectivity index (χ1n) is 9.82. The van der Waals surface area contributed by atoms with Crippen LogP contribution in [0, 0.1) is 5.41 Å². The Labute approximate surface area is 141 Å². The molecule has 3 aliphatic carbocycles. The number of carboxylic acids is 1. The van der Waals surface area contributed by atoms with E-state index in [0.29, 0.717) is 23.5 Å². The number of likely N-dealkylation sites (N-methyl/N-ethyl adjacent to an activating group) is 1. The van der Waals surface area contributed by atoms with Crippen LogP contribution >= 0.6 is 0 Å². The van der Waals surface area contributed by atoms with E-state index >= 15 is 0 Å². The van der Waals surface area contributed by atoms with Gasteiger partial charge in [0.05, 0.1) is 6.54 Å². The van der Waals surface area contributed by atoms with E-state index < -0.39 is 5.97 Å². The highest BCUT2D eigenvalue weighted by atomic mass is 16.4. The van der Waals surface area contributed by atoms with Gasteiger partial charge >= 0.3 is 5.97 Å². The number of carboxylic acid groups (broad SMARTS) is 1. The molecule has 4 nitrogen and oxygen atoms in total. The predicted octanol–water partition coefficient (Wildman–Crippen LogP) is 3.41. The topological polar surface area (TPSA) is 52.6 Å². The molecule has 3 saturated carbocycles. The van der Waals surface area contributed by atoms with E-state index in [1.807, 2.05) is 0 Å². The van der Waals surface area contributed by atoms with Crippen LogP contribution in [0.2, 0.25) is 0 Å². The zero-order valence-corrected chi connectivity index (χ0v) is 14.7. The number of nitrogens with one attached hydrogen (secondary N) is 1. The van der Waals surface area contributed by atoms with E-state index in [-0.39, 0.29) is 6.54 Å². The summed E-state index contributed by atoms with van der Waals surface area (Å²) in [5.74, 6) is -0.701.